The molecular weight excluding hydrogens is 454 g/mol. The average molecular weight is 476 g/mol. The normalized spacial score (nSPS) is 15.6. The lowest BCUT2D eigenvalue weighted by Gasteiger charge is -2.16. The Bertz CT molecular complexity index is 1460. The van der Waals surface area contributed by atoms with Crippen molar-refractivity contribution in [2.75, 3.05) is 0 Å². The van der Waals surface area contributed by atoms with Crippen LogP contribution in [0.1, 0.15) is 40.9 Å². The van der Waals surface area contributed by atoms with Crippen LogP contribution in [-0.2, 0) is 16.4 Å². The number of sulfonamides is 1. The number of rotatable bonds is 6. The molecule has 1 aromatic carbocycles. The Morgan fingerprint density at radius 2 is 2.06 bits per heavy atom. The molecule has 0 aliphatic heterocycles. The molecular formula is C20H21N5O3S3. The highest BCUT2D eigenvalue weighted by Crippen LogP contribution is 2.38. The highest BCUT2D eigenvalue weighted by molar-refractivity contribution is 7.89. The number of nitrogens with one attached hydrogen (secondary N) is 2. The summed E-state index contributed by atoms with van der Waals surface area (Å²) in [5, 5.41) is 1.55. The van der Waals surface area contributed by atoms with E-state index in [-0.39, 0.29) is 10.6 Å². The summed E-state index contributed by atoms with van der Waals surface area (Å²) in [6.07, 6.45) is 3.59. The molecule has 31 heavy (non-hydrogen) atoms. The Balaban J connectivity index is 1.79. The highest BCUT2D eigenvalue weighted by Gasteiger charge is 2.42. The quantitative estimate of drug-likeness (QED) is 0.445. The molecule has 0 unspecified atom stereocenters. The van der Waals surface area contributed by atoms with Crippen molar-refractivity contribution in [2.45, 2.75) is 50.5 Å². The third-order valence-corrected chi connectivity index (χ3v) is 9.11. The van der Waals surface area contributed by atoms with Crippen molar-refractivity contribution in [2.24, 2.45) is 0 Å². The summed E-state index contributed by atoms with van der Waals surface area (Å²) >= 11 is 2.86. The van der Waals surface area contributed by atoms with Crippen LogP contribution in [0, 0.1) is 13.8 Å². The molecule has 1 aliphatic rings. The fraction of sp³-hybridized carbons (Fsp3) is 0.350. The lowest BCUT2D eigenvalue weighted by Crippen LogP contribution is -2.34. The van der Waals surface area contributed by atoms with Gasteiger partial charge in [-0.2, -0.15) is 0 Å². The number of thiazole rings is 2. The number of imidazole rings is 1. The van der Waals surface area contributed by atoms with Gasteiger partial charge in [-0.25, -0.2) is 27.5 Å². The zero-order chi connectivity index (χ0) is 22.0. The number of aryl methyl sites for hydroxylation is 2. The molecule has 1 fully saturated rings. The number of fused-ring (bicyclic) bond motifs is 1. The maximum atomic E-state index is 13.4. The zero-order valence-corrected chi connectivity index (χ0v) is 19.7. The Morgan fingerprint density at radius 3 is 2.68 bits per heavy atom. The topological polar surface area (TPSA) is 110 Å². The SMILES string of the molecule is Cc1nc(C)c(Cc2c(S(=O)(=O)NC3(C)CC3)ccc3[nH]c(=O)n(-c4cncs4)c23)s1. The lowest BCUT2D eigenvalue weighted by atomic mass is 10.1. The minimum atomic E-state index is -3.79. The molecule has 1 aliphatic carbocycles. The summed E-state index contributed by atoms with van der Waals surface area (Å²) < 4.78 is 31.2. The minimum Gasteiger partial charge on any atom is -0.305 e. The van der Waals surface area contributed by atoms with Crippen molar-refractivity contribution in [3.63, 3.8) is 0 Å². The Labute approximate surface area is 187 Å². The summed E-state index contributed by atoms with van der Waals surface area (Å²) in [4.78, 5) is 25.4. The van der Waals surface area contributed by atoms with Gasteiger partial charge in [0.1, 0.15) is 5.00 Å². The van der Waals surface area contributed by atoms with Crippen LogP contribution in [0.4, 0.5) is 0 Å². The Hall–Kier alpha value is -2.34. The molecule has 0 atom stereocenters. The monoisotopic (exact) mass is 475 g/mol. The van der Waals surface area contributed by atoms with E-state index in [1.807, 2.05) is 20.8 Å². The van der Waals surface area contributed by atoms with Gasteiger partial charge in [-0.05, 0) is 45.7 Å². The van der Waals surface area contributed by atoms with Gasteiger partial charge in [-0.3, -0.25) is 4.98 Å². The number of benzene rings is 1. The first-order chi connectivity index (χ1) is 14.7. The van der Waals surface area contributed by atoms with Gasteiger partial charge in [0.05, 0.1) is 38.3 Å². The fourth-order valence-electron chi connectivity index (χ4n) is 3.77. The second-order valence-corrected chi connectivity index (χ2v) is 11.9. The minimum absolute atomic E-state index is 0.191. The molecule has 1 saturated carbocycles. The molecule has 3 heterocycles. The molecule has 11 heteroatoms. The van der Waals surface area contributed by atoms with Gasteiger partial charge in [0.25, 0.3) is 0 Å². The van der Waals surface area contributed by atoms with Crippen LogP contribution < -0.4 is 10.4 Å². The maximum absolute atomic E-state index is 13.4. The molecule has 0 amide bonds. The predicted molar refractivity (Wildman–Crippen MR) is 122 cm³/mol. The van der Waals surface area contributed by atoms with Gasteiger partial charge >= 0.3 is 5.69 Å². The number of aromatic amines is 1. The van der Waals surface area contributed by atoms with Crippen LogP contribution >= 0.6 is 22.7 Å². The molecule has 0 bridgehead atoms. The van der Waals surface area contributed by atoms with Gasteiger partial charge in [0, 0.05) is 22.4 Å². The molecule has 162 valence electrons. The van der Waals surface area contributed by atoms with Gasteiger partial charge in [-0.1, -0.05) is 0 Å². The van der Waals surface area contributed by atoms with E-state index in [9.17, 15) is 13.2 Å². The van der Waals surface area contributed by atoms with Crippen molar-refractivity contribution in [1.82, 2.24) is 24.2 Å². The van der Waals surface area contributed by atoms with Crippen molar-refractivity contribution < 1.29 is 8.42 Å². The van der Waals surface area contributed by atoms with Crippen molar-refractivity contribution in [3.05, 3.63) is 55.5 Å². The lowest BCUT2D eigenvalue weighted by molar-refractivity contribution is 0.557. The average Bonchev–Trinajstić information content (AvgIpc) is 3.04. The van der Waals surface area contributed by atoms with Gasteiger partial charge in [0.15, 0.2) is 0 Å². The van der Waals surface area contributed by atoms with Gasteiger partial charge in [-0.15, -0.1) is 22.7 Å². The largest absolute Gasteiger partial charge is 0.331 e. The maximum Gasteiger partial charge on any atom is 0.331 e. The van der Waals surface area contributed by atoms with E-state index in [2.05, 4.69) is 19.7 Å². The second-order valence-electron chi connectivity index (χ2n) is 8.13. The van der Waals surface area contributed by atoms with E-state index in [4.69, 9.17) is 0 Å². The van der Waals surface area contributed by atoms with Crippen LogP contribution in [0.2, 0.25) is 0 Å². The van der Waals surface area contributed by atoms with Crippen molar-refractivity contribution >= 4 is 43.7 Å². The third-order valence-electron chi connectivity index (χ3n) is 5.55. The summed E-state index contributed by atoms with van der Waals surface area (Å²) in [6.45, 7) is 5.76. The van der Waals surface area contributed by atoms with Crippen LogP contribution in [0.15, 0.2) is 33.5 Å². The van der Waals surface area contributed by atoms with E-state index in [0.717, 1.165) is 28.4 Å². The van der Waals surface area contributed by atoms with E-state index >= 15 is 0 Å². The molecule has 3 aromatic heterocycles. The number of hydrogen-bond donors (Lipinski definition) is 2. The van der Waals surface area contributed by atoms with Crippen LogP contribution in [0.5, 0.6) is 0 Å². The van der Waals surface area contributed by atoms with E-state index in [1.54, 1.807) is 23.8 Å². The van der Waals surface area contributed by atoms with E-state index in [0.29, 0.717) is 28.0 Å². The fourth-order valence-corrected chi connectivity index (χ4v) is 7.05. The third kappa shape index (κ3) is 3.65. The van der Waals surface area contributed by atoms with Crippen molar-refractivity contribution in [1.29, 1.82) is 0 Å². The van der Waals surface area contributed by atoms with E-state index < -0.39 is 15.6 Å². The summed E-state index contributed by atoms with van der Waals surface area (Å²) in [5.41, 5.74) is 3.51. The number of nitrogens with zero attached hydrogens (tertiary/aromatic N) is 3. The van der Waals surface area contributed by atoms with Crippen LogP contribution in [-0.4, -0.2) is 33.5 Å². The highest BCUT2D eigenvalue weighted by atomic mass is 32.2. The Morgan fingerprint density at radius 1 is 1.29 bits per heavy atom. The zero-order valence-electron chi connectivity index (χ0n) is 17.2. The number of hydrogen-bond acceptors (Lipinski definition) is 7. The van der Waals surface area contributed by atoms with Gasteiger partial charge in [0.2, 0.25) is 10.0 Å². The smallest absolute Gasteiger partial charge is 0.305 e. The second kappa shape index (κ2) is 7.09. The predicted octanol–water partition coefficient (Wildman–Crippen LogP) is 3.27. The summed E-state index contributed by atoms with van der Waals surface area (Å²) in [5.74, 6) is 0. The Kier molecular flexibility index (Phi) is 4.70. The van der Waals surface area contributed by atoms with Gasteiger partial charge < -0.3 is 4.98 Å². The summed E-state index contributed by atoms with van der Waals surface area (Å²) in [7, 11) is -3.79. The molecule has 0 radical (unpaired) electrons. The molecule has 8 nitrogen and oxygen atoms in total. The molecule has 5 rings (SSSR count). The van der Waals surface area contributed by atoms with Crippen LogP contribution in [0.25, 0.3) is 16.0 Å². The van der Waals surface area contributed by atoms with E-state index in [1.165, 1.54) is 27.2 Å². The van der Waals surface area contributed by atoms with Crippen molar-refractivity contribution in [3.8, 4) is 5.00 Å². The van der Waals surface area contributed by atoms with Crippen LogP contribution in [0.3, 0.4) is 0 Å². The molecule has 0 spiro atoms. The first-order valence-electron chi connectivity index (χ1n) is 9.79. The summed E-state index contributed by atoms with van der Waals surface area (Å²) in [6, 6.07) is 3.24. The number of H-pyrrole nitrogens is 1. The molecule has 2 N–H and O–H groups in total. The molecule has 0 saturated heterocycles. The molecule has 4 aromatic rings. The standard InChI is InChI=1S/C20H21N5O3S3/c1-11-15(30-12(2)22-11)8-13-16(31(27,28)24-20(3)6-7-20)5-4-14-18(13)25(19(26)23-14)17-9-21-10-29-17/h4-5,9-10,24H,6-8H2,1-3H3,(H,23,26). The first kappa shape index (κ1) is 20.6. The number of aromatic nitrogens is 4. The first-order valence-corrected chi connectivity index (χ1v) is 13.0.